The van der Waals surface area contributed by atoms with Crippen molar-refractivity contribution in [1.82, 2.24) is 0 Å². The molecule has 0 aliphatic carbocycles. The number of fused-ring (bicyclic) bond motifs is 1. The number of amides is 2. The lowest BCUT2D eigenvalue weighted by atomic mass is 10.1. The molecular weight excluding hydrogens is 302 g/mol. The summed E-state index contributed by atoms with van der Waals surface area (Å²) in [5.41, 5.74) is 3.56. The van der Waals surface area contributed by atoms with Gasteiger partial charge in [0.1, 0.15) is 0 Å². The van der Waals surface area contributed by atoms with Crippen molar-refractivity contribution in [2.45, 2.75) is 19.4 Å². The number of nitrogens with one attached hydrogen (secondary N) is 1. The number of para-hydroxylation sites is 1. The van der Waals surface area contributed by atoms with Crippen molar-refractivity contribution in [2.75, 3.05) is 29.2 Å². The maximum atomic E-state index is 12.6. The fourth-order valence-corrected chi connectivity index (χ4v) is 3.01. The Labute approximate surface area is 141 Å². The Hall–Kier alpha value is -2.82. The summed E-state index contributed by atoms with van der Waals surface area (Å²) in [5, 5.41) is 2.69. The number of carbonyl (C=O) groups excluding carboxylic acids is 2. The summed E-state index contributed by atoms with van der Waals surface area (Å²) in [6.07, 6.45) is 0.771. The third-order valence-electron chi connectivity index (χ3n) is 4.26. The zero-order chi connectivity index (χ0) is 17.3. The molecule has 5 heteroatoms. The van der Waals surface area contributed by atoms with E-state index in [0.717, 1.165) is 23.4 Å². The van der Waals surface area contributed by atoms with Crippen LogP contribution in [0.25, 0.3) is 0 Å². The van der Waals surface area contributed by atoms with Crippen molar-refractivity contribution in [3.8, 4) is 0 Å². The summed E-state index contributed by atoms with van der Waals surface area (Å²) >= 11 is 0. The molecule has 3 rings (SSSR count). The van der Waals surface area contributed by atoms with Gasteiger partial charge in [0.25, 0.3) is 0 Å². The summed E-state index contributed by atoms with van der Waals surface area (Å²) in [6, 6.07) is 15.1. The van der Waals surface area contributed by atoms with Crippen molar-refractivity contribution in [3.63, 3.8) is 0 Å². The predicted molar refractivity (Wildman–Crippen MR) is 96.5 cm³/mol. The number of hydrogen-bond acceptors (Lipinski definition) is 3. The molecule has 1 unspecified atom stereocenters. The van der Waals surface area contributed by atoms with Gasteiger partial charge in [-0.2, -0.15) is 0 Å². The molecular formula is C19H21N3O2. The molecule has 2 amide bonds. The second kappa shape index (κ2) is 6.35. The van der Waals surface area contributed by atoms with Gasteiger partial charge in [-0.3, -0.25) is 9.59 Å². The molecule has 0 saturated carbocycles. The molecule has 1 heterocycles. The zero-order valence-corrected chi connectivity index (χ0v) is 14.1. The maximum absolute atomic E-state index is 12.6. The lowest BCUT2D eigenvalue weighted by Crippen LogP contribution is -2.43. The normalized spacial score (nSPS) is 15.8. The molecule has 24 heavy (non-hydrogen) atoms. The van der Waals surface area contributed by atoms with Gasteiger partial charge in [0.05, 0.1) is 0 Å². The molecule has 0 saturated heterocycles. The van der Waals surface area contributed by atoms with Crippen LogP contribution in [0.1, 0.15) is 12.5 Å². The molecule has 5 nitrogen and oxygen atoms in total. The quantitative estimate of drug-likeness (QED) is 0.865. The van der Waals surface area contributed by atoms with E-state index in [1.54, 1.807) is 17.0 Å². The Balaban J connectivity index is 1.74. The van der Waals surface area contributed by atoms with Crippen molar-refractivity contribution in [3.05, 3.63) is 54.1 Å². The summed E-state index contributed by atoms with van der Waals surface area (Å²) < 4.78 is 0. The van der Waals surface area contributed by atoms with Gasteiger partial charge in [-0.05, 0) is 49.2 Å². The summed E-state index contributed by atoms with van der Waals surface area (Å²) in [7, 11) is 3.90. The van der Waals surface area contributed by atoms with Crippen molar-refractivity contribution >= 4 is 28.9 Å². The molecule has 1 aliphatic rings. The molecule has 1 atom stereocenters. The van der Waals surface area contributed by atoms with E-state index in [0.29, 0.717) is 5.69 Å². The molecule has 0 fully saturated rings. The van der Waals surface area contributed by atoms with Crippen LogP contribution in [0.5, 0.6) is 0 Å². The zero-order valence-electron chi connectivity index (χ0n) is 14.1. The Morgan fingerprint density at radius 2 is 1.75 bits per heavy atom. The smallest absolute Gasteiger partial charge is 0.316 e. The van der Waals surface area contributed by atoms with Crippen LogP contribution < -0.4 is 15.1 Å². The third kappa shape index (κ3) is 2.97. The van der Waals surface area contributed by atoms with Crippen molar-refractivity contribution in [2.24, 2.45) is 0 Å². The highest BCUT2D eigenvalue weighted by atomic mass is 16.2. The minimum absolute atomic E-state index is 0.0169. The Bertz CT molecular complexity index is 768. The van der Waals surface area contributed by atoms with Crippen LogP contribution in [0.4, 0.5) is 17.1 Å². The number of anilines is 3. The first kappa shape index (κ1) is 16.1. The summed E-state index contributed by atoms with van der Waals surface area (Å²) in [4.78, 5) is 28.5. The second-order valence-corrected chi connectivity index (χ2v) is 6.25. The topological polar surface area (TPSA) is 52.7 Å². The summed E-state index contributed by atoms with van der Waals surface area (Å²) in [6.45, 7) is 1.96. The lowest BCUT2D eigenvalue weighted by Gasteiger charge is -2.22. The van der Waals surface area contributed by atoms with Gasteiger partial charge in [-0.25, -0.2) is 0 Å². The molecule has 0 radical (unpaired) electrons. The third-order valence-corrected chi connectivity index (χ3v) is 4.26. The van der Waals surface area contributed by atoms with Gasteiger partial charge in [0, 0.05) is 37.2 Å². The monoisotopic (exact) mass is 323 g/mol. The van der Waals surface area contributed by atoms with Crippen LogP contribution in [0, 0.1) is 0 Å². The molecule has 2 aromatic carbocycles. The number of nitrogens with zero attached hydrogens (tertiary/aromatic N) is 2. The highest BCUT2D eigenvalue weighted by Gasteiger charge is 2.34. The van der Waals surface area contributed by atoms with Gasteiger partial charge in [0.15, 0.2) is 0 Å². The van der Waals surface area contributed by atoms with Gasteiger partial charge < -0.3 is 15.1 Å². The lowest BCUT2D eigenvalue weighted by molar-refractivity contribution is -0.134. The molecule has 1 aliphatic heterocycles. The highest BCUT2D eigenvalue weighted by molar-refractivity contribution is 6.44. The van der Waals surface area contributed by atoms with Gasteiger partial charge in [-0.15, -0.1) is 0 Å². The van der Waals surface area contributed by atoms with E-state index in [9.17, 15) is 9.59 Å². The number of rotatable bonds is 2. The first-order valence-corrected chi connectivity index (χ1v) is 7.97. The molecule has 0 spiro atoms. The first-order valence-electron chi connectivity index (χ1n) is 7.97. The first-order chi connectivity index (χ1) is 11.5. The second-order valence-electron chi connectivity index (χ2n) is 6.25. The fourth-order valence-electron chi connectivity index (χ4n) is 3.01. The largest absolute Gasteiger partial charge is 0.378 e. The predicted octanol–water partition coefficient (Wildman–Crippen LogP) is 2.67. The Morgan fingerprint density at radius 3 is 2.42 bits per heavy atom. The van der Waals surface area contributed by atoms with Crippen LogP contribution in [-0.4, -0.2) is 32.0 Å². The summed E-state index contributed by atoms with van der Waals surface area (Å²) in [5.74, 6) is -1.14. The van der Waals surface area contributed by atoms with Crippen molar-refractivity contribution < 1.29 is 9.59 Å². The minimum atomic E-state index is -0.615. The van der Waals surface area contributed by atoms with Crippen LogP contribution in [-0.2, 0) is 16.0 Å². The van der Waals surface area contributed by atoms with Crippen molar-refractivity contribution in [1.29, 1.82) is 0 Å². The number of carbonyl (C=O) groups is 2. The van der Waals surface area contributed by atoms with Crippen LogP contribution in [0.2, 0.25) is 0 Å². The molecule has 1 N–H and O–H groups in total. The SMILES string of the molecule is CC1Cc2ccccc2N1C(=O)C(=O)Nc1ccc(N(C)C)cc1. The van der Waals surface area contributed by atoms with E-state index >= 15 is 0 Å². The maximum Gasteiger partial charge on any atom is 0.316 e. The molecule has 124 valence electrons. The van der Waals surface area contributed by atoms with E-state index in [1.807, 2.05) is 62.3 Å². The molecule has 2 aromatic rings. The van der Waals surface area contributed by atoms with E-state index < -0.39 is 11.8 Å². The van der Waals surface area contributed by atoms with E-state index in [4.69, 9.17) is 0 Å². The molecule has 0 aromatic heterocycles. The number of hydrogen-bond donors (Lipinski definition) is 1. The van der Waals surface area contributed by atoms with E-state index in [1.165, 1.54) is 0 Å². The average Bonchev–Trinajstić information content (AvgIpc) is 2.90. The van der Waals surface area contributed by atoms with Crippen LogP contribution in [0.3, 0.4) is 0 Å². The minimum Gasteiger partial charge on any atom is -0.378 e. The Kier molecular flexibility index (Phi) is 4.25. The van der Waals surface area contributed by atoms with Crippen LogP contribution >= 0.6 is 0 Å². The standard InChI is InChI=1S/C19H21N3O2/c1-13-12-14-6-4-5-7-17(14)22(13)19(24)18(23)20-15-8-10-16(11-9-15)21(2)3/h4-11,13H,12H2,1-3H3,(H,20,23). The van der Waals surface area contributed by atoms with E-state index in [2.05, 4.69) is 5.32 Å². The van der Waals surface area contributed by atoms with E-state index in [-0.39, 0.29) is 6.04 Å². The fraction of sp³-hybridized carbons (Fsp3) is 0.263. The highest BCUT2D eigenvalue weighted by Crippen LogP contribution is 2.31. The molecule has 0 bridgehead atoms. The van der Waals surface area contributed by atoms with Crippen LogP contribution in [0.15, 0.2) is 48.5 Å². The Morgan fingerprint density at radius 1 is 1.08 bits per heavy atom. The number of benzene rings is 2. The van der Waals surface area contributed by atoms with Gasteiger partial charge in [-0.1, -0.05) is 18.2 Å². The average molecular weight is 323 g/mol. The van der Waals surface area contributed by atoms with Gasteiger partial charge >= 0.3 is 11.8 Å². The van der Waals surface area contributed by atoms with Gasteiger partial charge in [0.2, 0.25) is 0 Å².